The Hall–Kier alpha value is -4.11. The second-order valence-electron chi connectivity index (χ2n) is 6.19. The number of methoxy groups -OCH3 is 1. The molecule has 1 fully saturated rings. The van der Waals surface area contributed by atoms with Crippen LogP contribution in [0.5, 0.6) is 11.5 Å². The van der Waals surface area contributed by atoms with Crippen LogP contribution in [0.3, 0.4) is 0 Å². The summed E-state index contributed by atoms with van der Waals surface area (Å²) in [6, 6.07) is 7.73. The van der Waals surface area contributed by atoms with Gasteiger partial charge in [-0.1, -0.05) is 15.9 Å². The topological polar surface area (TPSA) is 176 Å². The summed E-state index contributed by atoms with van der Waals surface area (Å²) in [6.07, 6.45) is 2.29. The van der Waals surface area contributed by atoms with Crippen molar-refractivity contribution in [1.82, 2.24) is 5.32 Å². The van der Waals surface area contributed by atoms with Crippen LogP contribution in [0, 0.1) is 20.2 Å². The van der Waals surface area contributed by atoms with Gasteiger partial charge in [0, 0.05) is 22.2 Å². The normalized spacial score (nSPS) is 15.5. The summed E-state index contributed by atoms with van der Waals surface area (Å²) in [5, 5.41) is 32.6. The largest absolute Gasteiger partial charge is 0.466 e. The average Bonchev–Trinajstić information content (AvgIpc) is 3.14. The van der Waals surface area contributed by atoms with Gasteiger partial charge in [-0.3, -0.25) is 30.3 Å². The molecule has 174 valence electrons. The van der Waals surface area contributed by atoms with E-state index in [9.17, 15) is 29.8 Å². The number of rotatable bonds is 7. The maximum atomic E-state index is 11.9. The summed E-state index contributed by atoms with van der Waals surface area (Å²) < 4.78 is 10.8. The standard InChI is InChI=1S/C19H12BrN5O8S/c1-32-17(26)8-16-18(27)22-19(34-16)23-21-9-10-6-11(20)2-4-14(10)33-15-5-3-12(24(28)29)7-13(15)25(30)31/h2-9H,1H3,(H,22,23,27)/b16-8+,21-9?. The molecule has 0 aromatic heterocycles. The van der Waals surface area contributed by atoms with E-state index in [4.69, 9.17) is 4.74 Å². The number of thioether (sulfide) groups is 1. The Bertz CT molecular complexity index is 1290. The average molecular weight is 550 g/mol. The molecule has 2 aromatic carbocycles. The third-order valence-electron chi connectivity index (χ3n) is 3.99. The first-order chi connectivity index (χ1) is 16.2. The molecule has 0 bridgehead atoms. The SMILES string of the molecule is COC(=O)/C=C1/S/C(=N\N=Cc2cc(Br)ccc2Oc2ccc([N+](=O)[O-])cc2[N+](=O)[O-])NC1=O. The number of hydrogen-bond donors (Lipinski definition) is 1. The number of nitro benzene ring substituents is 2. The molecule has 0 aliphatic carbocycles. The highest BCUT2D eigenvalue weighted by Crippen LogP contribution is 2.36. The third-order valence-corrected chi connectivity index (χ3v) is 5.38. The number of carbonyl (C=O) groups is 2. The molecule has 0 spiro atoms. The first-order valence-corrected chi connectivity index (χ1v) is 10.6. The summed E-state index contributed by atoms with van der Waals surface area (Å²) in [5.41, 5.74) is -0.689. The predicted octanol–water partition coefficient (Wildman–Crippen LogP) is 3.67. The van der Waals surface area contributed by atoms with E-state index >= 15 is 0 Å². The summed E-state index contributed by atoms with van der Waals surface area (Å²) in [4.78, 5) is 44.0. The van der Waals surface area contributed by atoms with E-state index in [0.29, 0.717) is 10.0 Å². The number of nitrogens with zero attached hydrogens (tertiary/aromatic N) is 4. The minimum Gasteiger partial charge on any atom is -0.466 e. The van der Waals surface area contributed by atoms with Gasteiger partial charge in [0.15, 0.2) is 5.17 Å². The zero-order valence-electron chi connectivity index (χ0n) is 17.0. The third kappa shape index (κ3) is 6.02. The number of carbonyl (C=O) groups excluding carboxylic acids is 2. The molecule has 1 aliphatic rings. The zero-order chi connectivity index (χ0) is 24.8. The predicted molar refractivity (Wildman–Crippen MR) is 125 cm³/mol. The minimum atomic E-state index is -0.791. The number of amidine groups is 1. The summed E-state index contributed by atoms with van der Waals surface area (Å²) in [7, 11) is 1.18. The van der Waals surface area contributed by atoms with Crippen molar-refractivity contribution in [2.45, 2.75) is 0 Å². The minimum absolute atomic E-state index is 0.0813. The van der Waals surface area contributed by atoms with Crippen LogP contribution in [-0.2, 0) is 14.3 Å². The van der Waals surface area contributed by atoms with Crippen LogP contribution in [0.2, 0.25) is 0 Å². The van der Waals surface area contributed by atoms with Crippen LogP contribution in [0.4, 0.5) is 11.4 Å². The lowest BCUT2D eigenvalue weighted by Gasteiger charge is -2.09. The van der Waals surface area contributed by atoms with Gasteiger partial charge in [0.2, 0.25) is 5.75 Å². The first-order valence-electron chi connectivity index (χ1n) is 8.98. The van der Waals surface area contributed by atoms with Crippen LogP contribution in [0.25, 0.3) is 0 Å². The van der Waals surface area contributed by atoms with E-state index in [-0.39, 0.29) is 21.6 Å². The number of nitro groups is 2. The maximum Gasteiger partial charge on any atom is 0.331 e. The molecule has 0 unspecified atom stereocenters. The highest BCUT2D eigenvalue weighted by atomic mass is 79.9. The second-order valence-corrected chi connectivity index (χ2v) is 8.13. The van der Waals surface area contributed by atoms with Crippen molar-refractivity contribution in [3.63, 3.8) is 0 Å². The Kier molecular flexibility index (Phi) is 7.70. The monoisotopic (exact) mass is 549 g/mol. The van der Waals surface area contributed by atoms with E-state index in [1.165, 1.54) is 19.4 Å². The lowest BCUT2D eigenvalue weighted by Crippen LogP contribution is -2.19. The molecule has 1 saturated heterocycles. The van der Waals surface area contributed by atoms with E-state index < -0.39 is 33.1 Å². The van der Waals surface area contributed by atoms with E-state index in [0.717, 1.165) is 36.0 Å². The Balaban J connectivity index is 1.86. The van der Waals surface area contributed by atoms with Crippen molar-refractivity contribution >= 4 is 62.3 Å². The fourth-order valence-corrected chi connectivity index (χ4v) is 3.58. The fourth-order valence-electron chi connectivity index (χ4n) is 2.46. The molecule has 1 amide bonds. The van der Waals surface area contributed by atoms with Crippen molar-refractivity contribution < 1.29 is 28.9 Å². The van der Waals surface area contributed by atoms with Gasteiger partial charge < -0.3 is 9.47 Å². The van der Waals surface area contributed by atoms with Gasteiger partial charge in [-0.15, -0.1) is 5.10 Å². The lowest BCUT2D eigenvalue weighted by molar-refractivity contribution is -0.394. The summed E-state index contributed by atoms with van der Waals surface area (Å²) >= 11 is 4.18. The number of amides is 1. The molecule has 1 N–H and O–H groups in total. The van der Waals surface area contributed by atoms with Crippen LogP contribution in [-0.4, -0.2) is 40.2 Å². The van der Waals surface area contributed by atoms with Crippen molar-refractivity contribution in [1.29, 1.82) is 0 Å². The number of ether oxygens (including phenoxy) is 2. The van der Waals surface area contributed by atoms with Gasteiger partial charge in [0.1, 0.15) is 5.75 Å². The molecule has 15 heteroatoms. The molecule has 0 atom stereocenters. The van der Waals surface area contributed by atoms with E-state index in [1.54, 1.807) is 12.1 Å². The van der Waals surface area contributed by atoms with Crippen LogP contribution in [0.15, 0.2) is 62.1 Å². The quantitative estimate of drug-likeness (QED) is 0.177. The summed E-state index contributed by atoms with van der Waals surface area (Å²) in [5.74, 6) is -1.30. The Labute approximate surface area is 203 Å². The molecule has 34 heavy (non-hydrogen) atoms. The number of benzene rings is 2. The number of nitrogens with one attached hydrogen (secondary N) is 1. The Morgan fingerprint density at radius 2 is 1.88 bits per heavy atom. The van der Waals surface area contributed by atoms with E-state index in [2.05, 4.69) is 36.2 Å². The molecule has 2 aromatic rings. The second kappa shape index (κ2) is 10.7. The molecule has 1 aliphatic heterocycles. The number of hydrogen-bond acceptors (Lipinski definition) is 11. The maximum absolute atomic E-state index is 11.9. The fraction of sp³-hybridized carbons (Fsp3) is 0.0526. The van der Waals surface area contributed by atoms with Crippen molar-refractivity contribution in [3.8, 4) is 11.5 Å². The van der Waals surface area contributed by atoms with Crippen LogP contribution in [0.1, 0.15) is 5.56 Å². The number of esters is 1. The van der Waals surface area contributed by atoms with Crippen molar-refractivity contribution in [2.75, 3.05) is 7.11 Å². The molecular weight excluding hydrogens is 538 g/mol. The van der Waals surface area contributed by atoms with Gasteiger partial charge in [-0.2, -0.15) is 5.10 Å². The molecular formula is C19H12BrN5O8S. The van der Waals surface area contributed by atoms with Gasteiger partial charge in [0.25, 0.3) is 11.6 Å². The van der Waals surface area contributed by atoms with Crippen molar-refractivity contribution in [3.05, 3.63) is 77.6 Å². The first kappa shape index (κ1) is 24.5. The highest BCUT2D eigenvalue weighted by molar-refractivity contribution is 9.10. The van der Waals surface area contributed by atoms with Crippen LogP contribution < -0.4 is 10.1 Å². The van der Waals surface area contributed by atoms with Crippen LogP contribution >= 0.6 is 27.7 Å². The van der Waals surface area contributed by atoms with Gasteiger partial charge >= 0.3 is 11.7 Å². The number of non-ortho nitro benzene ring substituents is 1. The van der Waals surface area contributed by atoms with E-state index in [1.807, 2.05) is 0 Å². The Morgan fingerprint density at radius 3 is 2.56 bits per heavy atom. The molecule has 13 nitrogen and oxygen atoms in total. The smallest absolute Gasteiger partial charge is 0.331 e. The number of halogens is 1. The highest BCUT2D eigenvalue weighted by Gasteiger charge is 2.25. The molecule has 3 rings (SSSR count). The zero-order valence-corrected chi connectivity index (χ0v) is 19.4. The van der Waals surface area contributed by atoms with Gasteiger partial charge in [-0.05, 0) is 36.0 Å². The van der Waals surface area contributed by atoms with Gasteiger partial charge in [-0.25, -0.2) is 4.79 Å². The van der Waals surface area contributed by atoms with Gasteiger partial charge in [0.05, 0.1) is 34.1 Å². The lowest BCUT2D eigenvalue weighted by atomic mass is 10.2. The Morgan fingerprint density at radius 1 is 1.15 bits per heavy atom. The molecule has 0 saturated carbocycles. The molecule has 1 heterocycles. The van der Waals surface area contributed by atoms with Crippen molar-refractivity contribution in [2.24, 2.45) is 10.2 Å². The molecule has 0 radical (unpaired) electrons. The summed E-state index contributed by atoms with van der Waals surface area (Å²) in [6.45, 7) is 0.